The lowest BCUT2D eigenvalue weighted by Gasteiger charge is -2.18. The molecule has 0 atom stereocenters. The quantitative estimate of drug-likeness (QED) is 0.381. The molecule has 0 unspecified atom stereocenters. The predicted molar refractivity (Wildman–Crippen MR) is 112 cm³/mol. The highest BCUT2D eigenvalue weighted by Crippen LogP contribution is 2.42. The van der Waals surface area contributed by atoms with Crippen molar-refractivity contribution in [1.82, 2.24) is 4.90 Å². The minimum absolute atomic E-state index is 0.00384. The van der Waals surface area contributed by atoms with Crippen LogP contribution in [0.25, 0.3) is 0 Å². The second kappa shape index (κ2) is 10.2. The van der Waals surface area contributed by atoms with Gasteiger partial charge in [0.25, 0.3) is 5.91 Å². The molecule has 1 aliphatic heterocycles. The molecule has 2 aromatic rings. The molecule has 2 aromatic carbocycles. The van der Waals surface area contributed by atoms with Gasteiger partial charge in [-0.3, -0.25) is 4.79 Å². The molecule has 0 aromatic heterocycles. The summed E-state index contributed by atoms with van der Waals surface area (Å²) in [4.78, 5) is 26.0. The fourth-order valence-electron chi connectivity index (χ4n) is 3.14. The molecule has 0 saturated carbocycles. The van der Waals surface area contributed by atoms with Gasteiger partial charge in [0, 0.05) is 6.54 Å². The number of β-amino-alcohol motifs (C(OH)–C–C–N with tert-alkyl or cyclic N) is 1. The van der Waals surface area contributed by atoms with Gasteiger partial charge in [-0.1, -0.05) is 0 Å². The summed E-state index contributed by atoms with van der Waals surface area (Å²) in [7, 11) is 1.06. The van der Waals surface area contributed by atoms with Crippen LogP contribution in [-0.4, -0.2) is 48.7 Å². The van der Waals surface area contributed by atoms with Crippen LogP contribution in [-0.2, 0) is 20.5 Å². The number of aliphatic hydroxyl groups is 1. The van der Waals surface area contributed by atoms with E-state index in [2.05, 4.69) is 26.0 Å². The summed E-state index contributed by atoms with van der Waals surface area (Å²) in [6, 6.07) is 1.91. The summed E-state index contributed by atoms with van der Waals surface area (Å²) < 4.78 is 90.7. The van der Waals surface area contributed by atoms with Gasteiger partial charge in [-0.2, -0.15) is 13.2 Å². The summed E-state index contributed by atoms with van der Waals surface area (Å²) in [5.41, 5.74) is -2.39. The van der Waals surface area contributed by atoms with Crippen LogP contribution < -0.4 is 10.1 Å². The molecule has 35 heavy (non-hydrogen) atoms. The van der Waals surface area contributed by atoms with Crippen molar-refractivity contribution < 1.29 is 50.5 Å². The number of methoxy groups -OCH3 is 1. The number of nitrogens with one attached hydrogen (secondary N) is 1. The first-order valence-electron chi connectivity index (χ1n) is 9.59. The number of hydrogen-bond acceptors (Lipinski definition) is 6. The maximum atomic E-state index is 14.4. The Bertz CT molecular complexity index is 1190. The molecule has 0 radical (unpaired) electrons. The number of carbonyl (C=O) groups excluding carboxylic acids is 2. The zero-order chi connectivity index (χ0) is 26.1. The fourth-order valence-corrected chi connectivity index (χ4v) is 3.56. The van der Waals surface area contributed by atoms with Gasteiger partial charge in [0.1, 0.15) is 11.5 Å². The van der Waals surface area contributed by atoms with E-state index in [0.29, 0.717) is 0 Å². The van der Waals surface area contributed by atoms with Crippen molar-refractivity contribution in [3.05, 3.63) is 63.0 Å². The van der Waals surface area contributed by atoms with Crippen LogP contribution in [0.4, 0.5) is 32.0 Å². The summed E-state index contributed by atoms with van der Waals surface area (Å²) in [6.07, 6.45) is -5.04. The average molecular weight is 569 g/mol. The van der Waals surface area contributed by atoms with E-state index in [0.717, 1.165) is 24.1 Å². The van der Waals surface area contributed by atoms with Crippen molar-refractivity contribution >= 4 is 33.5 Å². The average Bonchev–Trinajstić information content (AvgIpc) is 3.09. The van der Waals surface area contributed by atoms with Gasteiger partial charge in [-0.05, 0) is 40.2 Å². The van der Waals surface area contributed by atoms with E-state index in [-0.39, 0.29) is 42.2 Å². The van der Waals surface area contributed by atoms with Crippen molar-refractivity contribution in [3.8, 4) is 11.5 Å². The first-order valence-corrected chi connectivity index (χ1v) is 10.4. The highest BCUT2D eigenvalue weighted by Gasteiger charge is 2.36. The number of amides is 1. The van der Waals surface area contributed by atoms with Crippen molar-refractivity contribution in [2.75, 3.05) is 32.1 Å². The molecule has 0 fully saturated rings. The third kappa shape index (κ3) is 5.37. The van der Waals surface area contributed by atoms with E-state index in [1.54, 1.807) is 0 Å². The number of carbonyl (C=O) groups is 2. The molecule has 188 valence electrons. The summed E-state index contributed by atoms with van der Waals surface area (Å²) in [6.45, 7) is -0.797. The highest BCUT2D eigenvalue weighted by atomic mass is 79.9. The van der Waals surface area contributed by atoms with Gasteiger partial charge in [0.05, 0.1) is 41.6 Å². The van der Waals surface area contributed by atoms with Gasteiger partial charge >= 0.3 is 12.1 Å². The number of nitrogens with zero attached hydrogens (tertiary/aromatic N) is 1. The largest absolute Gasteiger partial charge is 0.466 e. The Balaban J connectivity index is 2.07. The number of ether oxygens (including phenoxy) is 2. The molecule has 2 N–H and O–H groups in total. The molecule has 3 rings (SSSR count). The van der Waals surface area contributed by atoms with Gasteiger partial charge in [0.15, 0.2) is 23.1 Å². The number of halogens is 7. The topological polar surface area (TPSA) is 88.1 Å². The third-order valence-corrected chi connectivity index (χ3v) is 5.53. The van der Waals surface area contributed by atoms with E-state index in [9.17, 15) is 35.9 Å². The van der Waals surface area contributed by atoms with Crippen LogP contribution in [0.2, 0.25) is 0 Å². The Morgan fingerprint density at radius 2 is 1.77 bits per heavy atom. The molecule has 1 aliphatic rings. The van der Waals surface area contributed by atoms with Crippen molar-refractivity contribution in [1.29, 1.82) is 0 Å². The lowest BCUT2D eigenvalue weighted by Crippen LogP contribution is -2.31. The smallest absolute Gasteiger partial charge is 0.416 e. The van der Waals surface area contributed by atoms with E-state index in [4.69, 9.17) is 9.84 Å². The Labute approximate surface area is 202 Å². The monoisotopic (exact) mass is 568 g/mol. The number of anilines is 1. The summed E-state index contributed by atoms with van der Waals surface area (Å²) >= 11 is 2.84. The minimum Gasteiger partial charge on any atom is -0.466 e. The molecule has 1 amide bonds. The number of rotatable bonds is 7. The van der Waals surface area contributed by atoms with Crippen LogP contribution in [0.15, 0.2) is 40.0 Å². The van der Waals surface area contributed by atoms with Crippen molar-refractivity contribution in [2.24, 2.45) is 0 Å². The maximum absolute atomic E-state index is 14.4. The molecule has 0 spiro atoms. The van der Waals surface area contributed by atoms with Crippen LogP contribution in [0, 0.1) is 17.5 Å². The fraction of sp³-hybridized carbons (Fsp3) is 0.238. The minimum atomic E-state index is -5.04. The summed E-state index contributed by atoms with van der Waals surface area (Å²) in [5, 5.41) is 11.7. The normalized spacial score (nSPS) is 14.0. The molecular formula is C21H15BrF6N2O5. The van der Waals surface area contributed by atoms with Crippen molar-refractivity contribution in [2.45, 2.75) is 6.18 Å². The Hall–Kier alpha value is -3.26. The number of alkyl halides is 3. The van der Waals surface area contributed by atoms with E-state index < -0.39 is 63.6 Å². The number of benzene rings is 2. The SMILES string of the molecule is COC(=O)C1=C(Nc2ccc(F)c(Br)c2Oc2c(F)cc(C(F)(F)F)cc2F)C(=O)N(CCO)C1. The number of esters is 1. The van der Waals surface area contributed by atoms with Crippen LogP contribution >= 0.6 is 15.9 Å². The zero-order valence-corrected chi connectivity index (χ0v) is 19.2. The first kappa shape index (κ1) is 26.3. The first-order chi connectivity index (χ1) is 16.4. The van der Waals surface area contributed by atoms with Gasteiger partial charge in [0.2, 0.25) is 0 Å². The molecule has 0 bridgehead atoms. The van der Waals surface area contributed by atoms with Crippen molar-refractivity contribution in [3.63, 3.8) is 0 Å². The molecular weight excluding hydrogens is 554 g/mol. The van der Waals surface area contributed by atoms with Crippen LogP contribution in [0.1, 0.15) is 5.56 Å². The lowest BCUT2D eigenvalue weighted by atomic mass is 10.2. The predicted octanol–water partition coefficient (Wildman–Crippen LogP) is 4.35. The van der Waals surface area contributed by atoms with Gasteiger partial charge < -0.3 is 24.8 Å². The zero-order valence-electron chi connectivity index (χ0n) is 17.6. The molecule has 0 saturated heterocycles. The molecule has 0 aliphatic carbocycles. The number of aliphatic hydroxyl groups excluding tert-OH is 1. The van der Waals surface area contributed by atoms with E-state index in [1.807, 2.05) is 0 Å². The molecule has 1 heterocycles. The lowest BCUT2D eigenvalue weighted by molar-refractivity contribution is -0.138. The third-order valence-electron chi connectivity index (χ3n) is 4.79. The summed E-state index contributed by atoms with van der Waals surface area (Å²) in [5.74, 6) is -7.97. The van der Waals surface area contributed by atoms with Gasteiger partial charge in [-0.25, -0.2) is 18.0 Å². The number of hydrogen-bond donors (Lipinski definition) is 2. The van der Waals surface area contributed by atoms with E-state index >= 15 is 0 Å². The molecule has 7 nitrogen and oxygen atoms in total. The second-order valence-electron chi connectivity index (χ2n) is 7.03. The van der Waals surface area contributed by atoms with Gasteiger partial charge in [-0.15, -0.1) is 0 Å². The Morgan fingerprint density at radius 1 is 1.14 bits per heavy atom. The Kier molecular flexibility index (Phi) is 7.65. The van der Waals surface area contributed by atoms with Crippen LogP contribution in [0.3, 0.4) is 0 Å². The maximum Gasteiger partial charge on any atom is 0.416 e. The second-order valence-corrected chi connectivity index (χ2v) is 7.82. The Morgan fingerprint density at radius 3 is 2.31 bits per heavy atom. The van der Waals surface area contributed by atoms with Crippen LogP contribution in [0.5, 0.6) is 11.5 Å². The molecule has 14 heteroatoms. The highest BCUT2D eigenvalue weighted by molar-refractivity contribution is 9.10. The van der Waals surface area contributed by atoms with E-state index in [1.165, 1.54) is 0 Å². The standard InChI is InChI=1S/C21H15BrF6N2O5/c1-34-20(33)10-8-30(4-5-31)19(32)16(10)29-14-3-2-11(23)15(22)18(14)35-17-12(24)6-9(7-13(17)25)21(26,27)28/h2-3,6-7,29,31H,4-5,8H2,1H3.